The van der Waals surface area contributed by atoms with E-state index in [-0.39, 0.29) is 17.9 Å². The molecule has 0 aliphatic carbocycles. The number of rotatable bonds is 3. The molecular formula is C18H15F3N8O. The van der Waals surface area contributed by atoms with Gasteiger partial charge in [0.2, 0.25) is 11.6 Å². The van der Waals surface area contributed by atoms with Gasteiger partial charge in [0.25, 0.3) is 12.3 Å². The third-order valence-corrected chi connectivity index (χ3v) is 5.10. The smallest absolute Gasteiger partial charge is 0.299 e. The lowest BCUT2D eigenvalue weighted by molar-refractivity contribution is 0.0669. The molecule has 1 amide bonds. The SMILES string of the molecule is Cn1nc(C(F)F)nc1C(=O)N1CCc2[nH]cnc2[C@@H]1c1cc2c(F)cccn2n1. The quantitative estimate of drug-likeness (QED) is 0.551. The summed E-state index contributed by atoms with van der Waals surface area (Å²) in [6.45, 7) is 0.270. The van der Waals surface area contributed by atoms with Gasteiger partial charge < -0.3 is 9.88 Å². The number of carbonyl (C=O) groups excluding carboxylic acids is 1. The average Bonchev–Trinajstić information content (AvgIpc) is 3.44. The van der Waals surface area contributed by atoms with Crippen molar-refractivity contribution >= 4 is 11.4 Å². The Labute approximate surface area is 167 Å². The number of hydrogen-bond acceptors (Lipinski definition) is 5. The Bertz CT molecular complexity index is 1260. The van der Waals surface area contributed by atoms with Crippen LogP contribution in [0.5, 0.6) is 0 Å². The molecule has 1 N–H and O–H groups in total. The van der Waals surface area contributed by atoms with Gasteiger partial charge in [0.15, 0.2) is 0 Å². The molecule has 0 saturated carbocycles. The fourth-order valence-electron chi connectivity index (χ4n) is 3.74. The molecule has 0 bridgehead atoms. The van der Waals surface area contributed by atoms with Gasteiger partial charge in [-0.1, -0.05) is 0 Å². The summed E-state index contributed by atoms with van der Waals surface area (Å²) in [7, 11) is 1.38. The Hall–Kier alpha value is -3.70. The van der Waals surface area contributed by atoms with Crippen molar-refractivity contribution < 1.29 is 18.0 Å². The van der Waals surface area contributed by atoms with Crippen molar-refractivity contribution in [3.63, 3.8) is 0 Å². The third kappa shape index (κ3) is 2.75. The van der Waals surface area contributed by atoms with Crippen LogP contribution >= 0.6 is 0 Å². The largest absolute Gasteiger partial charge is 0.348 e. The Morgan fingerprint density at radius 2 is 2.17 bits per heavy atom. The molecule has 0 spiro atoms. The highest BCUT2D eigenvalue weighted by Crippen LogP contribution is 2.34. The van der Waals surface area contributed by atoms with Crippen LogP contribution < -0.4 is 0 Å². The fourth-order valence-corrected chi connectivity index (χ4v) is 3.74. The molecule has 4 aromatic rings. The van der Waals surface area contributed by atoms with Gasteiger partial charge in [0, 0.05) is 31.9 Å². The van der Waals surface area contributed by atoms with Crippen LogP contribution in [0.4, 0.5) is 13.2 Å². The average molecular weight is 416 g/mol. The highest BCUT2D eigenvalue weighted by Gasteiger charge is 2.38. The summed E-state index contributed by atoms with van der Waals surface area (Å²) in [6.07, 6.45) is 0.701. The van der Waals surface area contributed by atoms with Crippen LogP contribution in [-0.4, -0.2) is 51.7 Å². The lowest BCUT2D eigenvalue weighted by atomic mass is 9.99. The van der Waals surface area contributed by atoms with Crippen LogP contribution in [0.2, 0.25) is 0 Å². The number of nitrogens with zero attached hydrogens (tertiary/aromatic N) is 7. The summed E-state index contributed by atoms with van der Waals surface area (Å²) in [4.78, 5) is 25.8. The van der Waals surface area contributed by atoms with Crippen LogP contribution in [0.3, 0.4) is 0 Å². The minimum atomic E-state index is -2.89. The first-order valence-corrected chi connectivity index (χ1v) is 9.10. The van der Waals surface area contributed by atoms with Gasteiger partial charge >= 0.3 is 0 Å². The standard InChI is InChI=1S/C18H15F3N8O/c1-27-17(24-16(26-27)15(20)21)18(30)28-6-4-10-13(23-8-22-10)14(28)11-7-12-9(19)3-2-5-29(12)25-11/h2-3,5,7-8,14-15H,4,6H2,1H3,(H,22,23)/t14-/m0/s1. The Morgan fingerprint density at radius 1 is 1.33 bits per heavy atom. The number of alkyl halides is 2. The number of aryl methyl sites for hydroxylation is 1. The lowest BCUT2D eigenvalue weighted by Gasteiger charge is -2.33. The van der Waals surface area contributed by atoms with Gasteiger partial charge in [-0.15, -0.1) is 5.10 Å². The number of fused-ring (bicyclic) bond motifs is 2. The minimum Gasteiger partial charge on any atom is -0.348 e. The molecule has 154 valence electrons. The van der Waals surface area contributed by atoms with E-state index in [9.17, 15) is 18.0 Å². The summed E-state index contributed by atoms with van der Waals surface area (Å²) in [6, 6.07) is 3.65. The first kappa shape index (κ1) is 18.3. The maximum Gasteiger partial charge on any atom is 0.299 e. The summed E-state index contributed by atoms with van der Waals surface area (Å²) in [5.41, 5.74) is 2.04. The van der Waals surface area contributed by atoms with E-state index >= 15 is 0 Å². The van der Waals surface area contributed by atoms with Gasteiger partial charge in [-0.3, -0.25) is 4.79 Å². The number of carbonyl (C=O) groups is 1. The fraction of sp³-hybridized carbons (Fsp3) is 0.278. The zero-order valence-electron chi connectivity index (χ0n) is 15.6. The number of aromatic nitrogens is 7. The van der Waals surface area contributed by atoms with Gasteiger partial charge in [0.1, 0.15) is 17.4 Å². The second kappa shape index (κ2) is 6.68. The molecule has 9 nitrogen and oxygen atoms in total. The molecule has 30 heavy (non-hydrogen) atoms. The number of nitrogens with one attached hydrogen (secondary N) is 1. The second-order valence-electron chi connectivity index (χ2n) is 6.89. The van der Waals surface area contributed by atoms with Gasteiger partial charge in [-0.2, -0.15) is 5.10 Å². The molecule has 1 aliphatic rings. The molecule has 5 heterocycles. The maximum absolute atomic E-state index is 14.2. The first-order valence-electron chi connectivity index (χ1n) is 9.10. The van der Waals surface area contributed by atoms with E-state index in [1.54, 1.807) is 12.3 Å². The first-order chi connectivity index (χ1) is 14.4. The van der Waals surface area contributed by atoms with E-state index in [1.807, 2.05) is 0 Å². The zero-order valence-corrected chi connectivity index (χ0v) is 15.6. The summed E-state index contributed by atoms with van der Waals surface area (Å²) >= 11 is 0. The van der Waals surface area contributed by atoms with Gasteiger partial charge in [-0.05, 0) is 18.2 Å². The van der Waals surface area contributed by atoms with Gasteiger partial charge in [-0.25, -0.2) is 32.3 Å². The monoisotopic (exact) mass is 416 g/mol. The van der Waals surface area contributed by atoms with Crippen LogP contribution in [0, 0.1) is 5.82 Å². The number of pyridine rings is 1. The number of imidazole rings is 1. The third-order valence-electron chi connectivity index (χ3n) is 5.10. The van der Waals surface area contributed by atoms with Crippen molar-refractivity contribution in [3.8, 4) is 0 Å². The molecule has 1 aliphatic heterocycles. The van der Waals surface area contributed by atoms with E-state index < -0.39 is 30.0 Å². The number of aromatic amines is 1. The maximum atomic E-state index is 14.2. The van der Waals surface area contributed by atoms with Crippen molar-refractivity contribution in [1.82, 2.24) is 39.2 Å². The Balaban J connectivity index is 1.62. The van der Waals surface area contributed by atoms with Crippen molar-refractivity contribution in [2.24, 2.45) is 7.05 Å². The molecule has 0 radical (unpaired) electrons. The van der Waals surface area contributed by atoms with Crippen molar-refractivity contribution in [2.45, 2.75) is 18.9 Å². The molecule has 0 saturated heterocycles. The molecule has 0 fully saturated rings. The predicted molar refractivity (Wildman–Crippen MR) is 96.3 cm³/mol. The van der Waals surface area contributed by atoms with E-state index in [2.05, 4.69) is 25.1 Å². The van der Waals surface area contributed by atoms with E-state index in [4.69, 9.17) is 0 Å². The van der Waals surface area contributed by atoms with E-state index in [0.717, 1.165) is 10.4 Å². The molecule has 5 rings (SSSR count). The topological polar surface area (TPSA) is 97.0 Å². The van der Waals surface area contributed by atoms with Crippen LogP contribution in [0.1, 0.15) is 46.0 Å². The highest BCUT2D eigenvalue weighted by molar-refractivity contribution is 5.91. The predicted octanol–water partition coefficient (Wildman–Crippen LogP) is 2.05. The number of amides is 1. The van der Waals surface area contributed by atoms with Crippen molar-refractivity contribution in [3.05, 3.63) is 65.3 Å². The number of H-pyrrole nitrogens is 1. The summed E-state index contributed by atoms with van der Waals surface area (Å²) in [5, 5.41) is 8.05. The van der Waals surface area contributed by atoms with Crippen LogP contribution in [-0.2, 0) is 13.5 Å². The molecule has 1 atom stereocenters. The van der Waals surface area contributed by atoms with Crippen LogP contribution in [0.25, 0.3) is 5.52 Å². The zero-order chi connectivity index (χ0) is 21.0. The molecular weight excluding hydrogens is 401 g/mol. The van der Waals surface area contributed by atoms with Gasteiger partial charge in [0.05, 0.1) is 17.7 Å². The summed E-state index contributed by atoms with van der Waals surface area (Å²) in [5.74, 6) is -1.98. The Morgan fingerprint density at radius 3 is 2.90 bits per heavy atom. The molecule has 12 heteroatoms. The van der Waals surface area contributed by atoms with Crippen molar-refractivity contribution in [1.29, 1.82) is 0 Å². The second-order valence-corrected chi connectivity index (χ2v) is 6.89. The number of hydrogen-bond donors (Lipinski definition) is 1. The minimum absolute atomic E-state index is 0.218. The molecule has 0 unspecified atom stereocenters. The highest BCUT2D eigenvalue weighted by atomic mass is 19.3. The van der Waals surface area contributed by atoms with Crippen LogP contribution in [0.15, 0.2) is 30.7 Å². The lowest BCUT2D eigenvalue weighted by Crippen LogP contribution is -2.42. The van der Waals surface area contributed by atoms with E-state index in [1.165, 1.54) is 34.9 Å². The molecule has 0 aromatic carbocycles. The van der Waals surface area contributed by atoms with E-state index in [0.29, 0.717) is 17.8 Å². The Kier molecular flexibility index (Phi) is 4.08. The summed E-state index contributed by atoms with van der Waals surface area (Å²) < 4.78 is 42.6. The van der Waals surface area contributed by atoms with Crippen molar-refractivity contribution in [2.75, 3.05) is 6.54 Å². The number of halogens is 3. The molecule has 4 aromatic heterocycles. The normalized spacial score (nSPS) is 16.4.